The minimum absolute atomic E-state index is 0.206. The number of hydrogen-bond donors (Lipinski definition) is 1. The number of thiazole rings is 1. The topological polar surface area (TPSA) is 64.7 Å². The van der Waals surface area contributed by atoms with Gasteiger partial charge in [0, 0.05) is 10.6 Å². The molecule has 2 N–H and O–H groups in total. The zero-order chi connectivity index (χ0) is 13.6. The van der Waals surface area contributed by atoms with Crippen LogP contribution in [0.5, 0.6) is 0 Å². The monoisotopic (exact) mass is 310 g/mol. The van der Waals surface area contributed by atoms with E-state index in [1.165, 1.54) is 11.3 Å². The fraction of sp³-hybridized carbons (Fsp3) is 0.0833. The third-order valence-electron chi connectivity index (χ3n) is 2.57. The number of nitrogens with two attached hydrogens (primary N) is 1. The molecule has 2 aromatic heterocycles. The summed E-state index contributed by atoms with van der Waals surface area (Å²) >= 11 is 13.6. The molecule has 3 aromatic rings. The van der Waals surface area contributed by atoms with E-state index < -0.39 is 0 Å². The molecule has 0 unspecified atom stereocenters. The van der Waals surface area contributed by atoms with Gasteiger partial charge in [0.1, 0.15) is 16.0 Å². The highest BCUT2D eigenvalue weighted by Crippen LogP contribution is 2.34. The molecule has 0 aliphatic rings. The number of fused-ring (bicyclic) bond motifs is 1. The maximum absolute atomic E-state index is 6.21. The van der Waals surface area contributed by atoms with Crippen molar-refractivity contribution in [2.75, 3.05) is 5.73 Å². The maximum Gasteiger partial charge on any atom is 0.222 e. The second-order valence-electron chi connectivity index (χ2n) is 3.94. The summed E-state index contributed by atoms with van der Waals surface area (Å²) in [6.07, 6.45) is 0. The Morgan fingerprint density at radius 2 is 1.95 bits per heavy atom. The molecule has 0 saturated heterocycles. The fourth-order valence-corrected chi connectivity index (χ4v) is 3.11. The van der Waals surface area contributed by atoms with Crippen LogP contribution in [-0.2, 0) is 0 Å². The van der Waals surface area contributed by atoms with Gasteiger partial charge in [-0.05, 0) is 25.1 Å². The average Bonchev–Trinajstić information content (AvgIpc) is 2.68. The minimum Gasteiger partial charge on any atom is -0.368 e. The predicted molar refractivity (Wildman–Crippen MR) is 79.8 cm³/mol. The van der Waals surface area contributed by atoms with Crippen LogP contribution < -0.4 is 5.73 Å². The Labute approximate surface area is 123 Å². The van der Waals surface area contributed by atoms with Crippen molar-refractivity contribution in [2.45, 2.75) is 6.92 Å². The van der Waals surface area contributed by atoms with Gasteiger partial charge in [-0.1, -0.05) is 34.5 Å². The average molecular weight is 311 g/mol. The van der Waals surface area contributed by atoms with Crippen LogP contribution in [0.1, 0.15) is 5.01 Å². The summed E-state index contributed by atoms with van der Waals surface area (Å²) < 4.78 is 0. The summed E-state index contributed by atoms with van der Waals surface area (Å²) in [5, 5.41) is 1.99. The zero-order valence-corrected chi connectivity index (χ0v) is 12.1. The molecule has 0 saturated carbocycles. The lowest BCUT2D eigenvalue weighted by atomic mass is 10.1. The van der Waals surface area contributed by atoms with Crippen molar-refractivity contribution in [3.05, 3.63) is 33.3 Å². The van der Waals surface area contributed by atoms with Crippen LogP contribution >= 0.6 is 34.5 Å². The highest BCUT2D eigenvalue weighted by molar-refractivity contribution is 7.18. The number of nitrogen functional groups attached to an aromatic ring is 1. The Bertz CT molecular complexity index is 785. The number of halogens is 2. The third kappa shape index (κ3) is 2.25. The number of aryl methyl sites for hydroxylation is 1. The van der Waals surface area contributed by atoms with Crippen molar-refractivity contribution < 1.29 is 0 Å². The Balaban J connectivity index is 2.35. The number of aromatic nitrogens is 3. The van der Waals surface area contributed by atoms with Crippen molar-refractivity contribution in [1.29, 1.82) is 0 Å². The van der Waals surface area contributed by atoms with E-state index in [1.54, 1.807) is 18.2 Å². The Kier molecular flexibility index (Phi) is 3.05. The second-order valence-corrected chi connectivity index (χ2v) is 5.97. The molecule has 1 aromatic carbocycles. The van der Waals surface area contributed by atoms with Gasteiger partial charge in [0.25, 0.3) is 0 Å². The molecule has 2 heterocycles. The van der Waals surface area contributed by atoms with Crippen molar-refractivity contribution in [1.82, 2.24) is 15.0 Å². The number of rotatable bonds is 1. The van der Waals surface area contributed by atoms with Crippen LogP contribution in [-0.4, -0.2) is 15.0 Å². The van der Waals surface area contributed by atoms with Crippen molar-refractivity contribution in [3.8, 4) is 11.3 Å². The summed E-state index contributed by atoms with van der Waals surface area (Å²) in [5.41, 5.74) is 7.83. The van der Waals surface area contributed by atoms with Gasteiger partial charge < -0.3 is 5.73 Å². The van der Waals surface area contributed by atoms with E-state index >= 15 is 0 Å². The van der Waals surface area contributed by atoms with E-state index in [4.69, 9.17) is 28.9 Å². The van der Waals surface area contributed by atoms with E-state index in [0.717, 1.165) is 15.4 Å². The highest BCUT2D eigenvalue weighted by atomic mass is 35.5. The molecule has 0 aliphatic heterocycles. The molecular weight excluding hydrogens is 303 g/mol. The quantitative estimate of drug-likeness (QED) is 0.739. The van der Waals surface area contributed by atoms with E-state index in [0.29, 0.717) is 21.3 Å². The molecule has 0 spiro atoms. The van der Waals surface area contributed by atoms with Crippen LogP contribution in [0.25, 0.3) is 21.6 Å². The summed E-state index contributed by atoms with van der Waals surface area (Å²) in [6, 6.07) is 5.23. The SMILES string of the molecule is Cc1nc2c(-c3ccc(Cl)cc3Cl)nc(N)nc2s1. The van der Waals surface area contributed by atoms with Crippen molar-refractivity contribution in [3.63, 3.8) is 0 Å². The normalized spacial score (nSPS) is 11.1. The molecule has 0 bridgehead atoms. The summed E-state index contributed by atoms with van der Waals surface area (Å²) in [5.74, 6) is 0.206. The van der Waals surface area contributed by atoms with E-state index in [9.17, 15) is 0 Å². The summed E-state index contributed by atoms with van der Waals surface area (Å²) in [6.45, 7) is 1.91. The van der Waals surface area contributed by atoms with Gasteiger partial charge in [-0.15, -0.1) is 0 Å². The van der Waals surface area contributed by atoms with E-state index in [-0.39, 0.29) is 5.95 Å². The molecular formula is C12H8Cl2N4S. The van der Waals surface area contributed by atoms with Crippen LogP contribution in [0, 0.1) is 6.92 Å². The molecule has 0 aliphatic carbocycles. The molecule has 3 rings (SSSR count). The number of hydrogen-bond acceptors (Lipinski definition) is 5. The third-order valence-corrected chi connectivity index (χ3v) is 3.98. The molecule has 0 fully saturated rings. The molecule has 0 atom stereocenters. The van der Waals surface area contributed by atoms with Gasteiger partial charge in [0.05, 0.1) is 10.0 Å². The first kappa shape index (κ1) is 12.6. The smallest absolute Gasteiger partial charge is 0.222 e. The van der Waals surface area contributed by atoms with Gasteiger partial charge in [0.15, 0.2) is 0 Å². The molecule has 7 heteroatoms. The first-order chi connectivity index (χ1) is 9.04. The molecule has 96 valence electrons. The Morgan fingerprint density at radius 1 is 1.16 bits per heavy atom. The van der Waals surface area contributed by atoms with Gasteiger partial charge >= 0.3 is 0 Å². The lowest BCUT2D eigenvalue weighted by Gasteiger charge is -2.05. The molecule has 19 heavy (non-hydrogen) atoms. The maximum atomic E-state index is 6.21. The van der Waals surface area contributed by atoms with Crippen LogP contribution in [0.3, 0.4) is 0 Å². The number of anilines is 1. The lowest BCUT2D eigenvalue weighted by Crippen LogP contribution is -1.97. The van der Waals surface area contributed by atoms with Crippen LogP contribution in [0.4, 0.5) is 5.95 Å². The largest absolute Gasteiger partial charge is 0.368 e. The fourth-order valence-electron chi connectivity index (χ4n) is 1.81. The first-order valence-electron chi connectivity index (χ1n) is 5.40. The van der Waals surface area contributed by atoms with Gasteiger partial charge in [-0.3, -0.25) is 0 Å². The first-order valence-corrected chi connectivity index (χ1v) is 6.98. The van der Waals surface area contributed by atoms with Crippen molar-refractivity contribution >= 4 is 50.8 Å². The zero-order valence-electron chi connectivity index (χ0n) is 9.82. The number of benzene rings is 1. The second kappa shape index (κ2) is 4.59. The molecule has 0 amide bonds. The van der Waals surface area contributed by atoms with Gasteiger partial charge in [-0.25, -0.2) is 15.0 Å². The van der Waals surface area contributed by atoms with E-state index in [1.807, 2.05) is 6.92 Å². The van der Waals surface area contributed by atoms with Gasteiger partial charge in [0.2, 0.25) is 5.95 Å². The van der Waals surface area contributed by atoms with Crippen molar-refractivity contribution in [2.24, 2.45) is 0 Å². The summed E-state index contributed by atoms with van der Waals surface area (Å²) in [7, 11) is 0. The lowest BCUT2D eigenvalue weighted by molar-refractivity contribution is 1.23. The van der Waals surface area contributed by atoms with E-state index in [2.05, 4.69) is 15.0 Å². The Hall–Kier alpha value is -1.43. The standard InChI is InChI=1S/C12H8Cl2N4S/c1-5-16-10-9(17-12(15)18-11(10)19-5)7-3-2-6(13)4-8(7)14/h2-4H,1H3,(H2,15,17,18). The predicted octanol–water partition coefficient (Wildman–Crippen LogP) is 3.95. The molecule has 4 nitrogen and oxygen atoms in total. The minimum atomic E-state index is 0.206. The van der Waals surface area contributed by atoms with Crippen LogP contribution in [0.2, 0.25) is 10.0 Å². The Morgan fingerprint density at radius 3 is 2.68 bits per heavy atom. The van der Waals surface area contributed by atoms with Crippen LogP contribution in [0.15, 0.2) is 18.2 Å². The molecule has 0 radical (unpaired) electrons. The highest BCUT2D eigenvalue weighted by Gasteiger charge is 2.15. The summed E-state index contributed by atoms with van der Waals surface area (Å²) in [4.78, 5) is 13.6. The van der Waals surface area contributed by atoms with Gasteiger partial charge in [-0.2, -0.15) is 0 Å². The number of nitrogens with zero attached hydrogens (tertiary/aromatic N) is 3.